The second-order valence-corrected chi connectivity index (χ2v) is 21.1. The molecule has 4 fully saturated rings. The van der Waals surface area contributed by atoms with Crippen LogP contribution in [0.1, 0.15) is 30.0 Å². The van der Waals surface area contributed by atoms with Crippen molar-refractivity contribution in [3.05, 3.63) is 138 Å². The fourth-order valence-electron chi connectivity index (χ4n) is 7.54. The number of nitrogens with zero attached hydrogens (tertiary/aromatic N) is 2. The highest BCUT2D eigenvalue weighted by atomic mass is 31.3. The molecular weight excluding hydrogens is 968 g/mol. The third-order valence-electron chi connectivity index (χ3n) is 10.2. The number of ether oxygens (including phenoxy) is 6. The van der Waals surface area contributed by atoms with E-state index < -0.39 is 129 Å². The third-order valence-corrected chi connectivity index (χ3v) is 16.1. The Morgan fingerprint density at radius 1 is 0.515 bits per heavy atom. The number of hydrogen-bond donors (Lipinski definition) is 6. The van der Waals surface area contributed by atoms with Gasteiger partial charge in [0.05, 0.1) is 13.2 Å². The molecule has 4 saturated heterocycles. The van der Waals surface area contributed by atoms with Crippen LogP contribution in [0.4, 0.5) is 0 Å². The van der Waals surface area contributed by atoms with Crippen molar-refractivity contribution >= 4 is 31.3 Å². The number of aromatic nitrogens is 4. The van der Waals surface area contributed by atoms with Crippen LogP contribution in [-0.2, 0) is 81.5 Å². The predicted octanol–water partition coefficient (Wildman–Crippen LogP) is 1.46. The smallest absolute Gasteiger partial charge is 0.346 e. The van der Waals surface area contributed by atoms with Gasteiger partial charge in [0.2, 0.25) is 0 Å². The van der Waals surface area contributed by atoms with E-state index in [1.54, 1.807) is 30.3 Å². The molecule has 2 aromatic carbocycles. The lowest BCUT2D eigenvalue weighted by Gasteiger charge is -2.23. The first-order chi connectivity index (χ1) is 31.2. The fraction of sp³-hybridized carbons (Fsp3) is 0.429. The average Bonchev–Trinajstić information content (AvgIpc) is 4.00. The molecule has 358 valence electrons. The van der Waals surface area contributed by atoms with Crippen LogP contribution in [0.15, 0.2) is 104 Å². The standard InChI is InChI=1S/C35H40N4O23P4/c40-24-13-15-38(34(42)36-24)32-30-28(56-26(57-30)12-11-20-7-3-1-4-8-20)22(54-32)18-52-63(44,45)60-65(48,49)62-66(50,51)61-64(46,47)53-19-23-29-31(33(55-23)39-16-14-25(41)37-35(39)43)59-27(58-29)17-21-9-5-2-6-10-21/h1-10,13-16,22-23,26-33H,11-12,17-19H2,(H,44,45)(H,46,47)(H,48,49)(H,50,51)(H,36,40,42)(H,37,41,43)/t22-,23-,26?,27?,28-,29-,30-,31-,32-,33-/m1/s1. The molecule has 0 radical (unpaired) electrons. The monoisotopic (exact) mass is 1010 g/mol. The molecular formula is C35H40N4O23P4. The Labute approximate surface area is 370 Å². The van der Waals surface area contributed by atoms with Crippen LogP contribution < -0.4 is 22.5 Å². The van der Waals surface area contributed by atoms with E-state index in [1.165, 1.54) is 0 Å². The van der Waals surface area contributed by atoms with E-state index in [0.717, 1.165) is 44.8 Å². The van der Waals surface area contributed by atoms with E-state index in [4.69, 9.17) is 37.5 Å². The summed E-state index contributed by atoms with van der Waals surface area (Å²) < 4.78 is 111. The van der Waals surface area contributed by atoms with Gasteiger partial charge >= 0.3 is 42.7 Å². The fourth-order valence-corrected chi connectivity index (χ4v) is 12.5. The van der Waals surface area contributed by atoms with Crippen molar-refractivity contribution in [2.24, 2.45) is 0 Å². The van der Waals surface area contributed by atoms with E-state index in [9.17, 15) is 57.0 Å². The largest absolute Gasteiger partial charge is 0.490 e. The third kappa shape index (κ3) is 11.9. The van der Waals surface area contributed by atoms with E-state index in [0.29, 0.717) is 12.8 Å². The number of phosphoric ester groups is 2. The number of nitrogens with one attached hydrogen (secondary N) is 2. The molecule has 6 heterocycles. The molecule has 0 aliphatic carbocycles. The minimum atomic E-state index is -6.22. The number of phosphoric acid groups is 4. The van der Waals surface area contributed by atoms with Gasteiger partial charge in [-0.3, -0.25) is 37.7 Å². The minimum Gasteiger partial charge on any atom is -0.346 e. The number of aryl methyl sites for hydroxylation is 1. The normalized spacial score (nSPS) is 30.7. The highest BCUT2D eigenvalue weighted by Crippen LogP contribution is 2.71. The molecule has 4 aromatic rings. The van der Waals surface area contributed by atoms with Crippen LogP contribution >= 0.6 is 31.3 Å². The summed E-state index contributed by atoms with van der Waals surface area (Å²) in [5.74, 6) is 0. The van der Waals surface area contributed by atoms with Gasteiger partial charge in [-0.05, 0) is 17.5 Å². The number of rotatable bonds is 19. The van der Waals surface area contributed by atoms with Crippen LogP contribution in [-0.4, -0.2) is 101 Å². The van der Waals surface area contributed by atoms with Crippen LogP contribution in [0.5, 0.6) is 0 Å². The van der Waals surface area contributed by atoms with Crippen LogP contribution in [0, 0.1) is 0 Å². The first-order valence-corrected chi connectivity index (χ1v) is 25.6. The highest BCUT2D eigenvalue weighted by Gasteiger charge is 2.56. The lowest BCUT2D eigenvalue weighted by atomic mass is 10.1. The molecule has 6 unspecified atom stereocenters. The molecule has 27 nitrogen and oxygen atoms in total. The SMILES string of the molecule is O=c1ccn([C@@H]2O[C@H](COP(=O)(O)OP(=O)(O)OP(=O)(O)OP(=O)(O)OC[C@H]3O[C@@H](n4ccc(=O)[nH]c4=O)[C@@H]4OC(Cc5ccccc5)O[C@@H]43)[C@H]3OC(CCc4ccccc4)O[C@H]32)c(=O)[nH]1. The Bertz CT molecular complexity index is 2810. The molecule has 8 rings (SSSR count). The van der Waals surface area contributed by atoms with Gasteiger partial charge in [-0.15, -0.1) is 0 Å². The van der Waals surface area contributed by atoms with Crippen molar-refractivity contribution < 1.29 is 88.2 Å². The summed E-state index contributed by atoms with van der Waals surface area (Å²) in [7, 11) is -24.0. The summed E-state index contributed by atoms with van der Waals surface area (Å²) in [6.45, 7) is -1.93. The van der Waals surface area contributed by atoms with Gasteiger partial charge in [0.1, 0.15) is 36.6 Å². The van der Waals surface area contributed by atoms with Crippen molar-refractivity contribution in [2.45, 2.75) is 80.9 Å². The summed E-state index contributed by atoms with van der Waals surface area (Å²) in [4.78, 5) is 94.0. The van der Waals surface area contributed by atoms with Crippen molar-refractivity contribution in [1.29, 1.82) is 0 Å². The Kier molecular flexibility index (Phi) is 14.4. The second-order valence-electron chi connectivity index (χ2n) is 14.9. The molecule has 0 spiro atoms. The maximum Gasteiger partial charge on any atom is 0.490 e. The zero-order valence-corrected chi connectivity index (χ0v) is 37.2. The van der Waals surface area contributed by atoms with E-state index in [-0.39, 0.29) is 6.42 Å². The molecule has 6 N–H and O–H groups in total. The van der Waals surface area contributed by atoms with E-state index in [2.05, 4.69) is 22.9 Å². The van der Waals surface area contributed by atoms with Gasteiger partial charge in [-0.1, -0.05) is 60.7 Å². The summed E-state index contributed by atoms with van der Waals surface area (Å²) in [5, 5.41) is 0. The first kappa shape index (κ1) is 48.6. The topological polar surface area (TPSA) is 360 Å². The Morgan fingerprint density at radius 3 is 1.39 bits per heavy atom. The molecule has 4 aliphatic rings. The lowest BCUT2D eigenvalue weighted by molar-refractivity contribution is -0.153. The maximum absolute atomic E-state index is 12.9. The average molecular weight is 1010 g/mol. The quantitative estimate of drug-likeness (QED) is 0.0724. The summed E-state index contributed by atoms with van der Waals surface area (Å²) in [6, 6.07) is 20.3. The molecule has 2 aromatic heterocycles. The summed E-state index contributed by atoms with van der Waals surface area (Å²) in [5.41, 5.74) is -1.48. The summed E-state index contributed by atoms with van der Waals surface area (Å²) >= 11 is 0. The Hall–Kier alpha value is -3.88. The number of hydrogen-bond acceptors (Lipinski definition) is 19. The van der Waals surface area contributed by atoms with Crippen LogP contribution in [0.3, 0.4) is 0 Å². The predicted molar refractivity (Wildman–Crippen MR) is 217 cm³/mol. The minimum absolute atomic E-state index is 0.215. The molecule has 14 atom stereocenters. The van der Waals surface area contributed by atoms with Gasteiger partial charge in [0.25, 0.3) is 11.1 Å². The first-order valence-electron chi connectivity index (χ1n) is 19.6. The maximum atomic E-state index is 12.9. The van der Waals surface area contributed by atoms with E-state index >= 15 is 0 Å². The van der Waals surface area contributed by atoms with Gasteiger partial charge in [0.15, 0.2) is 25.0 Å². The number of fused-ring (bicyclic) bond motifs is 2. The van der Waals surface area contributed by atoms with Crippen LogP contribution in [0.2, 0.25) is 0 Å². The molecule has 0 amide bonds. The molecule has 31 heteroatoms. The lowest BCUT2D eigenvalue weighted by Crippen LogP contribution is -2.36. The van der Waals surface area contributed by atoms with Crippen LogP contribution in [0.25, 0.3) is 0 Å². The Balaban J connectivity index is 0.875. The Morgan fingerprint density at radius 2 is 0.924 bits per heavy atom. The van der Waals surface area contributed by atoms with Crippen molar-refractivity contribution in [1.82, 2.24) is 19.1 Å². The van der Waals surface area contributed by atoms with Crippen molar-refractivity contribution in [3.8, 4) is 0 Å². The zero-order chi connectivity index (χ0) is 47.0. The number of H-pyrrole nitrogens is 2. The zero-order valence-electron chi connectivity index (χ0n) is 33.6. The van der Waals surface area contributed by atoms with E-state index in [1.807, 2.05) is 30.3 Å². The van der Waals surface area contributed by atoms with Gasteiger partial charge in [0, 0.05) is 37.4 Å². The van der Waals surface area contributed by atoms with Gasteiger partial charge in [-0.25, -0.2) is 27.8 Å². The number of aromatic amines is 2. The van der Waals surface area contributed by atoms with Gasteiger partial charge in [-0.2, -0.15) is 12.9 Å². The summed E-state index contributed by atoms with van der Waals surface area (Å²) in [6.07, 6.45) is -8.17. The number of benzene rings is 2. The van der Waals surface area contributed by atoms with Crippen molar-refractivity contribution in [3.63, 3.8) is 0 Å². The highest BCUT2D eigenvalue weighted by molar-refractivity contribution is 7.69. The molecule has 0 saturated carbocycles. The van der Waals surface area contributed by atoms with Gasteiger partial charge < -0.3 is 48.0 Å². The molecule has 0 bridgehead atoms. The molecule has 66 heavy (non-hydrogen) atoms. The van der Waals surface area contributed by atoms with Crippen molar-refractivity contribution in [2.75, 3.05) is 13.2 Å². The molecule has 4 aliphatic heterocycles. The second kappa shape index (κ2) is 19.6.